The minimum atomic E-state index is -3.68. The maximum atomic E-state index is 12.5. The number of esters is 1. The van der Waals surface area contributed by atoms with E-state index >= 15 is 0 Å². The van der Waals surface area contributed by atoms with Gasteiger partial charge in [0.2, 0.25) is 5.72 Å². The van der Waals surface area contributed by atoms with Crippen LogP contribution in [-0.2, 0) is 30.6 Å². The molecule has 15 nitrogen and oxygen atoms in total. The predicted molar refractivity (Wildman–Crippen MR) is 141 cm³/mol. The highest BCUT2D eigenvalue weighted by Gasteiger charge is 2.62. The van der Waals surface area contributed by atoms with E-state index in [2.05, 4.69) is 15.1 Å². The second kappa shape index (κ2) is 12.0. The first kappa shape index (κ1) is 30.5. The molecule has 39 heavy (non-hydrogen) atoms. The summed E-state index contributed by atoms with van der Waals surface area (Å²) in [4.78, 5) is 41.1. The second-order valence-corrected chi connectivity index (χ2v) is 12.3. The number of rotatable bonds is 11. The topological polar surface area (TPSA) is 210 Å². The molecule has 0 aliphatic carbocycles. The zero-order valence-electron chi connectivity index (χ0n) is 21.5. The van der Waals surface area contributed by atoms with Gasteiger partial charge >= 0.3 is 18.3 Å². The van der Waals surface area contributed by atoms with E-state index in [-0.39, 0.29) is 5.75 Å². The van der Waals surface area contributed by atoms with Crippen LogP contribution < -0.4 is 20.9 Å². The Labute approximate surface area is 227 Å². The van der Waals surface area contributed by atoms with Crippen LogP contribution in [-0.4, -0.2) is 61.9 Å². The molecule has 1 aliphatic rings. The Hall–Kier alpha value is -3.07. The van der Waals surface area contributed by atoms with E-state index in [0.29, 0.717) is 0 Å². The van der Waals surface area contributed by atoms with Crippen LogP contribution in [0.15, 0.2) is 57.3 Å². The van der Waals surface area contributed by atoms with Crippen LogP contribution in [0.1, 0.15) is 33.9 Å². The molecule has 212 valence electrons. The van der Waals surface area contributed by atoms with Gasteiger partial charge in [-0.05, 0) is 57.2 Å². The fraction of sp³-hybridized carbons (Fsp3) is 0.500. The molecule has 3 rings (SSSR count). The van der Waals surface area contributed by atoms with Gasteiger partial charge in [0.05, 0.1) is 12.7 Å². The van der Waals surface area contributed by atoms with Crippen molar-refractivity contribution in [3.8, 4) is 5.75 Å². The number of nitrogens with zero attached hydrogens (tertiary/aromatic N) is 4. The largest absolute Gasteiger partial charge is 0.462 e. The monoisotopic (exact) mass is 584 g/mol. The first-order valence-corrected chi connectivity index (χ1v) is 14.3. The third-order valence-electron chi connectivity index (χ3n) is 5.58. The van der Waals surface area contributed by atoms with Crippen molar-refractivity contribution >= 4 is 24.4 Å². The molecule has 0 spiro atoms. The van der Waals surface area contributed by atoms with Crippen molar-refractivity contribution in [1.29, 1.82) is 0 Å². The first-order chi connectivity index (χ1) is 18.2. The average Bonchev–Trinajstić information content (AvgIpc) is 3.04. The summed E-state index contributed by atoms with van der Waals surface area (Å²) in [6, 6.07) is 8.30. The van der Waals surface area contributed by atoms with E-state index in [4.69, 9.17) is 30.3 Å². The van der Waals surface area contributed by atoms with Crippen molar-refractivity contribution in [3.63, 3.8) is 0 Å². The molecule has 4 unspecified atom stereocenters. The third-order valence-corrected chi connectivity index (χ3v) is 8.06. The van der Waals surface area contributed by atoms with E-state index in [0.717, 1.165) is 23.8 Å². The number of azide groups is 1. The molecule has 1 aromatic carbocycles. The SMILES string of the molecule is CC(C)OC(=O)C(C)NP(=S)(OC[C@@]1(N=[N+]=[N-])O[C@@H](n2ccc(=O)[nH]c2=O)C(C)(O)C1O)Oc1ccccc1. The number of aliphatic hydroxyl groups is 2. The minimum absolute atomic E-state index is 0.285. The fourth-order valence-corrected chi connectivity index (χ4v) is 6.13. The van der Waals surface area contributed by atoms with Crippen LogP contribution in [0.2, 0.25) is 0 Å². The predicted octanol–water partition coefficient (Wildman–Crippen LogP) is 1.43. The number of aromatic amines is 1. The van der Waals surface area contributed by atoms with Gasteiger partial charge in [0.25, 0.3) is 5.56 Å². The number of para-hydroxylation sites is 1. The van der Waals surface area contributed by atoms with Crippen LogP contribution in [0.4, 0.5) is 0 Å². The Morgan fingerprint density at radius 1 is 1.33 bits per heavy atom. The van der Waals surface area contributed by atoms with Gasteiger partial charge in [-0.25, -0.2) is 9.88 Å². The molecule has 0 saturated carbocycles. The van der Waals surface area contributed by atoms with Crippen LogP contribution in [0.5, 0.6) is 5.75 Å². The van der Waals surface area contributed by atoms with Gasteiger partial charge < -0.3 is 28.7 Å². The Kier molecular flexibility index (Phi) is 9.36. The van der Waals surface area contributed by atoms with Gasteiger partial charge in [0.1, 0.15) is 23.5 Å². The van der Waals surface area contributed by atoms with E-state index in [9.17, 15) is 30.1 Å². The summed E-state index contributed by atoms with van der Waals surface area (Å²) in [6.45, 7) is 1.53. The molecule has 2 aromatic rings. The van der Waals surface area contributed by atoms with E-state index < -0.39 is 66.3 Å². The fourth-order valence-electron chi connectivity index (χ4n) is 3.73. The second-order valence-electron chi connectivity index (χ2n) is 9.16. The van der Waals surface area contributed by atoms with Crippen molar-refractivity contribution in [3.05, 3.63) is 73.9 Å². The summed E-state index contributed by atoms with van der Waals surface area (Å²) in [5.41, 5.74) is 3.10. The van der Waals surface area contributed by atoms with Gasteiger partial charge in [-0.1, -0.05) is 23.3 Å². The molecule has 1 aliphatic heterocycles. The summed E-state index contributed by atoms with van der Waals surface area (Å²) < 4.78 is 23.6. The van der Waals surface area contributed by atoms with Crippen molar-refractivity contribution in [2.45, 2.75) is 63.5 Å². The molecule has 2 heterocycles. The molecule has 1 fully saturated rings. The smallest absolute Gasteiger partial charge is 0.330 e. The van der Waals surface area contributed by atoms with Gasteiger partial charge in [0, 0.05) is 17.2 Å². The molecule has 6 atom stereocenters. The summed E-state index contributed by atoms with van der Waals surface area (Å²) in [5.74, 6) is -0.352. The highest BCUT2D eigenvalue weighted by atomic mass is 32.5. The summed E-state index contributed by atoms with van der Waals surface area (Å²) in [6.07, 6.45) is -2.92. The Balaban J connectivity index is 1.95. The lowest BCUT2D eigenvalue weighted by molar-refractivity contribution is -0.149. The molecule has 4 N–H and O–H groups in total. The van der Waals surface area contributed by atoms with E-state index in [1.807, 2.05) is 4.98 Å². The first-order valence-electron chi connectivity index (χ1n) is 11.7. The van der Waals surface area contributed by atoms with Crippen LogP contribution >= 0.6 is 6.64 Å². The van der Waals surface area contributed by atoms with Crippen LogP contribution in [0.25, 0.3) is 10.4 Å². The Morgan fingerprint density at radius 2 is 2.00 bits per heavy atom. The van der Waals surface area contributed by atoms with Gasteiger partial charge in [0.15, 0.2) is 6.23 Å². The number of aromatic nitrogens is 2. The summed E-state index contributed by atoms with van der Waals surface area (Å²) in [7, 11) is 0. The Bertz CT molecular complexity index is 1390. The number of nitrogens with one attached hydrogen (secondary N) is 2. The third kappa shape index (κ3) is 6.93. The number of hydrogen-bond donors (Lipinski definition) is 4. The van der Waals surface area contributed by atoms with Crippen molar-refractivity contribution < 1.29 is 33.5 Å². The maximum absolute atomic E-state index is 12.5. The zero-order valence-corrected chi connectivity index (χ0v) is 23.2. The van der Waals surface area contributed by atoms with E-state index in [1.54, 1.807) is 44.2 Å². The lowest BCUT2D eigenvalue weighted by Gasteiger charge is -2.32. The highest BCUT2D eigenvalue weighted by molar-refractivity contribution is 8.09. The molecule has 0 amide bonds. The molecular formula is C22H29N6O9PS. The molecule has 0 bridgehead atoms. The zero-order chi connectivity index (χ0) is 29.0. The van der Waals surface area contributed by atoms with Gasteiger partial charge in [-0.2, -0.15) is 0 Å². The number of carbonyl (C=O) groups excluding carboxylic acids is 1. The number of carbonyl (C=O) groups is 1. The molecule has 1 saturated heterocycles. The van der Waals surface area contributed by atoms with E-state index in [1.165, 1.54) is 6.92 Å². The van der Waals surface area contributed by atoms with Crippen LogP contribution in [0, 0.1) is 0 Å². The van der Waals surface area contributed by atoms with Gasteiger partial charge in [-0.3, -0.25) is 19.1 Å². The average molecular weight is 585 g/mol. The van der Waals surface area contributed by atoms with Crippen molar-refractivity contribution in [1.82, 2.24) is 14.6 Å². The Morgan fingerprint density at radius 3 is 2.59 bits per heavy atom. The van der Waals surface area contributed by atoms with Crippen molar-refractivity contribution in [2.24, 2.45) is 5.11 Å². The normalized spacial score (nSPS) is 26.8. The standard InChI is InChI=1S/C22H29N6O9PS/c1-13(2)35-17(30)14(3)25-38(39,37-15-8-6-5-7-9-15)34-12-22(26-27-23)18(31)21(4,33)19(36-22)28-11-10-16(29)24-20(28)32/h5-11,13-14,18-19,31,33H,12H2,1-4H3,(H,25,39)(H,24,29,32)/t14?,18?,19-,21?,22-,38?/m1/s1. The summed E-state index contributed by atoms with van der Waals surface area (Å²) in [5, 5.41) is 28.5. The van der Waals surface area contributed by atoms with Crippen LogP contribution in [0.3, 0.4) is 0 Å². The number of hydrogen-bond acceptors (Lipinski definition) is 11. The lowest BCUT2D eigenvalue weighted by atomic mass is 9.93. The molecule has 0 radical (unpaired) electrons. The molecule has 1 aromatic heterocycles. The number of benzene rings is 1. The number of H-pyrrole nitrogens is 1. The molecular weight excluding hydrogens is 555 g/mol. The van der Waals surface area contributed by atoms with Gasteiger partial charge in [-0.15, -0.1) is 0 Å². The highest BCUT2D eigenvalue weighted by Crippen LogP contribution is 2.50. The molecule has 17 heteroatoms. The minimum Gasteiger partial charge on any atom is -0.462 e. The lowest BCUT2D eigenvalue weighted by Crippen LogP contribution is -2.51. The number of aliphatic hydroxyl groups excluding tert-OH is 1. The maximum Gasteiger partial charge on any atom is 0.330 e. The summed E-state index contributed by atoms with van der Waals surface area (Å²) >= 11 is 5.63. The quantitative estimate of drug-likeness (QED) is 0.0976. The number of ether oxygens (including phenoxy) is 2. The van der Waals surface area contributed by atoms with Crippen molar-refractivity contribution in [2.75, 3.05) is 6.61 Å².